The number of amides is 1. The fraction of sp³-hybridized carbons (Fsp3) is 0.368. The van der Waals surface area contributed by atoms with Crippen LogP contribution in [0.2, 0.25) is 0 Å². The summed E-state index contributed by atoms with van der Waals surface area (Å²) in [5.74, 6) is 1.12. The highest BCUT2D eigenvalue weighted by molar-refractivity contribution is 5.94. The van der Waals surface area contributed by atoms with Gasteiger partial charge in [0.1, 0.15) is 5.75 Å². The lowest BCUT2D eigenvalue weighted by molar-refractivity contribution is 0.0950. The van der Waals surface area contributed by atoms with Gasteiger partial charge in [0.2, 0.25) is 5.88 Å². The summed E-state index contributed by atoms with van der Waals surface area (Å²) in [5.41, 5.74) is 2.42. The van der Waals surface area contributed by atoms with Crippen molar-refractivity contribution in [3.63, 3.8) is 0 Å². The van der Waals surface area contributed by atoms with Gasteiger partial charge in [0.05, 0.1) is 13.7 Å². The Hall–Kier alpha value is -2.56. The normalized spacial score (nSPS) is 10.3. The van der Waals surface area contributed by atoms with E-state index in [2.05, 4.69) is 17.2 Å². The van der Waals surface area contributed by atoms with Crippen LogP contribution in [0.3, 0.4) is 0 Å². The predicted molar refractivity (Wildman–Crippen MR) is 93.5 cm³/mol. The summed E-state index contributed by atoms with van der Waals surface area (Å²) in [4.78, 5) is 16.6. The Morgan fingerprint density at radius 2 is 2.12 bits per heavy atom. The smallest absolute Gasteiger partial charge is 0.251 e. The molecule has 0 unspecified atom stereocenters. The second kappa shape index (κ2) is 8.91. The molecule has 0 bridgehead atoms. The highest BCUT2D eigenvalue weighted by Crippen LogP contribution is 2.19. The average molecular weight is 328 g/mol. The quantitative estimate of drug-likeness (QED) is 0.753. The summed E-state index contributed by atoms with van der Waals surface area (Å²) in [6.07, 6.45) is 3.73. The second-order valence-corrected chi connectivity index (χ2v) is 5.54. The summed E-state index contributed by atoms with van der Waals surface area (Å²) in [6, 6.07) is 9.14. The summed E-state index contributed by atoms with van der Waals surface area (Å²) in [5, 5.41) is 2.90. The number of benzene rings is 1. The molecule has 0 aliphatic rings. The first-order chi connectivity index (χ1) is 11.7. The summed E-state index contributed by atoms with van der Waals surface area (Å²) in [7, 11) is 1.60. The number of nitrogens with one attached hydrogen (secondary N) is 1. The largest absolute Gasteiger partial charge is 0.496 e. The summed E-state index contributed by atoms with van der Waals surface area (Å²) < 4.78 is 10.9. The number of rotatable bonds is 8. The molecule has 0 aliphatic heterocycles. The zero-order chi connectivity index (χ0) is 17.4. The molecule has 0 radical (unpaired) electrons. The van der Waals surface area contributed by atoms with E-state index >= 15 is 0 Å². The van der Waals surface area contributed by atoms with Crippen LogP contribution in [0, 0.1) is 6.92 Å². The average Bonchev–Trinajstić information content (AvgIpc) is 2.61. The number of ether oxygens (including phenoxy) is 2. The van der Waals surface area contributed by atoms with E-state index in [0.717, 1.165) is 24.0 Å². The van der Waals surface area contributed by atoms with E-state index in [0.29, 0.717) is 30.3 Å². The summed E-state index contributed by atoms with van der Waals surface area (Å²) in [6.45, 7) is 5.04. The van der Waals surface area contributed by atoms with Crippen LogP contribution >= 0.6 is 0 Å². The maximum atomic E-state index is 12.3. The first kappa shape index (κ1) is 17.8. The fourth-order valence-corrected chi connectivity index (χ4v) is 2.24. The van der Waals surface area contributed by atoms with E-state index in [1.165, 1.54) is 0 Å². The minimum Gasteiger partial charge on any atom is -0.496 e. The van der Waals surface area contributed by atoms with Crippen molar-refractivity contribution in [1.82, 2.24) is 10.3 Å². The van der Waals surface area contributed by atoms with Gasteiger partial charge in [-0.15, -0.1) is 0 Å². The Labute approximate surface area is 143 Å². The molecule has 2 aromatic rings. The Balaban J connectivity index is 2.01. The van der Waals surface area contributed by atoms with Crippen molar-refractivity contribution in [2.75, 3.05) is 13.7 Å². The molecule has 0 saturated carbocycles. The summed E-state index contributed by atoms with van der Waals surface area (Å²) >= 11 is 0. The highest BCUT2D eigenvalue weighted by Gasteiger charge is 2.10. The molecule has 5 nitrogen and oxygen atoms in total. The van der Waals surface area contributed by atoms with Crippen LogP contribution in [0.15, 0.2) is 36.5 Å². The van der Waals surface area contributed by atoms with Gasteiger partial charge in [-0.1, -0.05) is 25.5 Å². The number of hydrogen-bond acceptors (Lipinski definition) is 4. The van der Waals surface area contributed by atoms with E-state index in [-0.39, 0.29) is 5.91 Å². The molecular formula is C19H24N2O3. The van der Waals surface area contributed by atoms with E-state index in [9.17, 15) is 4.79 Å². The number of aromatic nitrogens is 1. The van der Waals surface area contributed by atoms with Gasteiger partial charge >= 0.3 is 0 Å². The molecule has 0 spiro atoms. The standard InChI is InChI=1S/C19H24N2O3/c1-4-5-11-24-19-16(7-6-10-20-19)13-21-18(22)15-9-8-14(2)17(12-15)23-3/h6-10,12H,4-5,11,13H2,1-3H3,(H,21,22). The maximum absolute atomic E-state index is 12.3. The molecule has 1 N–H and O–H groups in total. The van der Waals surface area contributed by atoms with E-state index in [4.69, 9.17) is 9.47 Å². The van der Waals surface area contributed by atoms with Gasteiger partial charge < -0.3 is 14.8 Å². The first-order valence-corrected chi connectivity index (χ1v) is 8.15. The number of pyridine rings is 1. The molecule has 128 valence electrons. The van der Waals surface area contributed by atoms with Crippen molar-refractivity contribution >= 4 is 5.91 Å². The lowest BCUT2D eigenvalue weighted by Gasteiger charge is -2.11. The van der Waals surface area contributed by atoms with E-state index in [1.54, 1.807) is 25.4 Å². The number of methoxy groups -OCH3 is 1. The fourth-order valence-electron chi connectivity index (χ4n) is 2.24. The van der Waals surface area contributed by atoms with Gasteiger partial charge in [0, 0.05) is 23.9 Å². The van der Waals surface area contributed by atoms with Gasteiger partial charge in [0.25, 0.3) is 5.91 Å². The zero-order valence-corrected chi connectivity index (χ0v) is 14.5. The number of carbonyl (C=O) groups is 1. The molecule has 1 aromatic carbocycles. The lowest BCUT2D eigenvalue weighted by Crippen LogP contribution is -2.23. The number of carbonyl (C=O) groups excluding carboxylic acids is 1. The van der Waals surface area contributed by atoms with Gasteiger partial charge in [-0.2, -0.15) is 0 Å². The first-order valence-electron chi connectivity index (χ1n) is 8.15. The molecule has 0 aliphatic carbocycles. The molecule has 24 heavy (non-hydrogen) atoms. The van der Waals surface area contributed by atoms with Crippen LogP contribution in [-0.2, 0) is 6.54 Å². The third kappa shape index (κ3) is 4.72. The molecule has 5 heteroatoms. The molecule has 1 amide bonds. The monoisotopic (exact) mass is 328 g/mol. The number of nitrogens with zero attached hydrogens (tertiary/aromatic N) is 1. The van der Waals surface area contributed by atoms with Crippen LogP contribution in [0.1, 0.15) is 41.3 Å². The van der Waals surface area contributed by atoms with Crippen LogP contribution in [0.4, 0.5) is 0 Å². The molecule has 1 aromatic heterocycles. The van der Waals surface area contributed by atoms with E-state index < -0.39 is 0 Å². The Morgan fingerprint density at radius 1 is 1.29 bits per heavy atom. The van der Waals surface area contributed by atoms with Crippen molar-refractivity contribution in [1.29, 1.82) is 0 Å². The highest BCUT2D eigenvalue weighted by atomic mass is 16.5. The van der Waals surface area contributed by atoms with Crippen molar-refractivity contribution in [3.8, 4) is 11.6 Å². The predicted octanol–water partition coefficient (Wildman–Crippen LogP) is 3.51. The Morgan fingerprint density at radius 3 is 2.88 bits per heavy atom. The van der Waals surface area contributed by atoms with Crippen LogP contribution in [0.25, 0.3) is 0 Å². The number of aryl methyl sites for hydroxylation is 1. The molecule has 0 fully saturated rings. The van der Waals surface area contributed by atoms with Gasteiger partial charge in [0.15, 0.2) is 0 Å². The van der Waals surface area contributed by atoms with Crippen molar-refractivity contribution < 1.29 is 14.3 Å². The maximum Gasteiger partial charge on any atom is 0.251 e. The second-order valence-electron chi connectivity index (χ2n) is 5.54. The number of hydrogen-bond donors (Lipinski definition) is 1. The molecule has 2 rings (SSSR count). The van der Waals surface area contributed by atoms with E-state index in [1.807, 2.05) is 25.1 Å². The van der Waals surface area contributed by atoms with Crippen LogP contribution in [0.5, 0.6) is 11.6 Å². The van der Waals surface area contributed by atoms with Gasteiger partial charge in [-0.05, 0) is 37.1 Å². The van der Waals surface area contributed by atoms with Crippen molar-refractivity contribution in [2.45, 2.75) is 33.2 Å². The third-order valence-electron chi connectivity index (χ3n) is 3.70. The number of unbranched alkanes of at least 4 members (excludes halogenated alkanes) is 1. The van der Waals surface area contributed by atoms with Crippen LogP contribution < -0.4 is 14.8 Å². The van der Waals surface area contributed by atoms with Crippen molar-refractivity contribution in [3.05, 3.63) is 53.2 Å². The van der Waals surface area contributed by atoms with Gasteiger partial charge in [-0.25, -0.2) is 4.98 Å². The molecular weight excluding hydrogens is 304 g/mol. The lowest BCUT2D eigenvalue weighted by atomic mass is 10.1. The SMILES string of the molecule is CCCCOc1ncccc1CNC(=O)c1ccc(C)c(OC)c1. The Bertz CT molecular complexity index is 686. The minimum atomic E-state index is -0.156. The third-order valence-corrected chi connectivity index (χ3v) is 3.70. The molecule has 0 saturated heterocycles. The van der Waals surface area contributed by atoms with Crippen LogP contribution in [-0.4, -0.2) is 24.6 Å². The molecule has 0 atom stereocenters. The molecule has 1 heterocycles. The van der Waals surface area contributed by atoms with Crippen molar-refractivity contribution in [2.24, 2.45) is 0 Å². The zero-order valence-electron chi connectivity index (χ0n) is 14.5. The van der Waals surface area contributed by atoms with Gasteiger partial charge in [-0.3, -0.25) is 4.79 Å². The minimum absolute atomic E-state index is 0.156. The topological polar surface area (TPSA) is 60.5 Å². The Kier molecular flexibility index (Phi) is 6.61.